The maximum Gasteiger partial charge on any atom is 0.281 e. The summed E-state index contributed by atoms with van der Waals surface area (Å²) in [5.74, 6) is 0.417. The number of ether oxygens (including phenoxy) is 2. The average molecular weight is 863 g/mol. The molecule has 2 aliphatic carbocycles. The maximum absolute atomic E-state index is 13.9. The third kappa shape index (κ3) is 9.12. The predicted octanol–water partition coefficient (Wildman–Crippen LogP) is 8.64. The molecular weight excluding hydrogens is 816 g/mol. The van der Waals surface area contributed by atoms with Crippen LogP contribution < -0.4 is 14.4 Å². The van der Waals surface area contributed by atoms with Crippen molar-refractivity contribution in [2.45, 2.75) is 50.0 Å². The van der Waals surface area contributed by atoms with Crippen LogP contribution in [0.5, 0.6) is 11.5 Å². The van der Waals surface area contributed by atoms with E-state index in [-0.39, 0.29) is 18.9 Å². The number of aromatic amines is 1. The summed E-state index contributed by atoms with van der Waals surface area (Å²) in [6.45, 7) is 5.14. The molecule has 9 rings (SSSR count). The van der Waals surface area contributed by atoms with Crippen LogP contribution in [0.25, 0.3) is 27.5 Å². The highest BCUT2D eigenvalue weighted by Crippen LogP contribution is 2.55. The summed E-state index contributed by atoms with van der Waals surface area (Å²) in [5, 5.41) is 27.6. The molecule has 1 saturated carbocycles. The van der Waals surface area contributed by atoms with Gasteiger partial charge in [0.15, 0.2) is 0 Å². The van der Waals surface area contributed by atoms with Gasteiger partial charge in [0.1, 0.15) is 22.7 Å². The van der Waals surface area contributed by atoms with Crippen molar-refractivity contribution in [2.24, 2.45) is 5.41 Å². The summed E-state index contributed by atoms with van der Waals surface area (Å²) in [6, 6.07) is 20.9. The minimum atomic E-state index is -0.460. The monoisotopic (exact) mass is 862 g/mol. The van der Waals surface area contributed by atoms with Crippen LogP contribution in [0.3, 0.4) is 0 Å². The van der Waals surface area contributed by atoms with Crippen molar-refractivity contribution >= 4 is 68.3 Å². The highest BCUT2D eigenvalue weighted by Gasteiger charge is 2.41. The van der Waals surface area contributed by atoms with Gasteiger partial charge in [-0.05, 0) is 103 Å². The highest BCUT2D eigenvalue weighted by atomic mass is 35.5. The number of rotatable bonds is 15. The Hall–Kier alpha value is -5.45. The molecule has 14 nitrogen and oxygen atoms in total. The normalized spacial score (nSPS) is 16.7. The molecule has 4 heterocycles. The standard InChI is InChI=1S/C45H47ClN8O6S/c46-33-4-2-30(3-5-33)38-26-45(10-1-11-45)12-8-32(38)28-51-14-16-52(17-15-51)34-6-7-37(42(23-34)60-35-22-31-9-13-47-43(31)48-27-35)44(56)50-61-36-24-40-39(41(25-36)54(57)58)29-53(49-40)18-20-59-21-19-55/h2-7,9,13,22-25,27,29,55H,1,8,10-12,14-21,26,28H2,(H,47,48)(H,50,56). The molecule has 2 fully saturated rings. The number of piperazine rings is 1. The molecule has 16 heteroatoms. The van der Waals surface area contributed by atoms with Crippen LogP contribution in [0.1, 0.15) is 54.4 Å². The maximum atomic E-state index is 13.9. The molecule has 3 N–H and O–H groups in total. The van der Waals surface area contributed by atoms with Crippen LogP contribution in [0.15, 0.2) is 95.8 Å². The summed E-state index contributed by atoms with van der Waals surface area (Å²) in [7, 11) is 0. The molecule has 61 heavy (non-hydrogen) atoms. The fourth-order valence-electron chi connectivity index (χ4n) is 8.85. The average Bonchev–Trinajstić information content (AvgIpc) is 3.91. The van der Waals surface area contributed by atoms with Crippen molar-refractivity contribution in [1.82, 2.24) is 29.4 Å². The molecule has 6 aromatic rings. The minimum Gasteiger partial charge on any atom is -0.455 e. The van der Waals surface area contributed by atoms with Gasteiger partial charge in [-0.1, -0.05) is 35.7 Å². The van der Waals surface area contributed by atoms with Crippen molar-refractivity contribution < 1.29 is 24.3 Å². The Morgan fingerprint density at radius 2 is 1.87 bits per heavy atom. The van der Waals surface area contributed by atoms with Crippen LogP contribution in [0.4, 0.5) is 11.4 Å². The largest absolute Gasteiger partial charge is 0.455 e. The number of aromatic nitrogens is 4. The van der Waals surface area contributed by atoms with Gasteiger partial charge in [-0.2, -0.15) is 5.10 Å². The van der Waals surface area contributed by atoms with E-state index in [0.29, 0.717) is 51.4 Å². The number of non-ortho nitro benzene ring substituents is 1. The van der Waals surface area contributed by atoms with Crippen LogP contribution in [0, 0.1) is 15.5 Å². The second kappa shape index (κ2) is 17.9. The molecule has 0 atom stereocenters. The Kier molecular flexibility index (Phi) is 12.0. The van der Waals surface area contributed by atoms with E-state index in [2.05, 4.69) is 41.7 Å². The number of anilines is 1. The van der Waals surface area contributed by atoms with Crippen molar-refractivity contribution in [3.05, 3.63) is 117 Å². The van der Waals surface area contributed by atoms with Gasteiger partial charge >= 0.3 is 0 Å². The van der Waals surface area contributed by atoms with Crippen LogP contribution in [-0.4, -0.2) is 93.1 Å². The molecule has 0 unspecified atom stereocenters. The van der Waals surface area contributed by atoms with Crippen molar-refractivity contribution in [3.63, 3.8) is 0 Å². The van der Waals surface area contributed by atoms with Gasteiger partial charge in [0, 0.05) is 78.2 Å². The quantitative estimate of drug-likeness (QED) is 0.0392. The molecule has 1 amide bonds. The number of nitro benzene ring substituents is 1. The van der Waals surface area contributed by atoms with Gasteiger partial charge in [0.25, 0.3) is 11.6 Å². The van der Waals surface area contributed by atoms with E-state index in [1.54, 1.807) is 34.8 Å². The lowest BCUT2D eigenvalue weighted by atomic mass is 9.59. The molecule has 1 aliphatic heterocycles. The number of nitrogens with one attached hydrogen (secondary N) is 2. The number of carbonyl (C=O) groups excluding carboxylic acids is 1. The third-order valence-electron chi connectivity index (χ3n) is 12.3. The smallest absolute Gasteiger partial charge is 0.281 e. The second-order valence-corrected chi connectivity index (χ2v) is 17.5. The third-order valence-corrected chi connectivity index (χ3v) is 13.3. The number of halogens is 1. The highest BCUT2D eigenvalue weighted by molar-refractivity contribution is 7.98. The predicted molar refractivity (Wildman–Crippen MR) is 237 cm³/mol. The Bertz CT molecular complexity index is 2600. The number of allylic oxidation sites excluding steroid dienone is 1. The number of H-pyrrole nitrogens is 1. The fourth-order valence-corrected chi connectivity index (χ4v) is 9.63. The van der Waals surface area contributed by atoms with Gasteiger partial charge in [0.2, 0.25) is 0 Å². The summed E-state index contributed by atoms with van der Waals surface area (Å²) in [5.41, 5.74) is 7.09. The number of aliphatic hydroxyl groups excluding tert-OH is 1. The summed E-state index contributed by atoms with van der Waals surface area (Å²) >= 11 is 7.25. The molecule has 3 aliphatic rings. The number of nitro groups is 1. The zero-order valence-electron chi connectivity index (χ0n) is 33.6. The lowest BCUT2D eigenvalue weighted by Gasteiger charge is -2.47. The first-order valence-electron chi connectivity index (χ1n) is 20.7. The molecule has 0 radical (unpaired) electrons. The SMILES string of the molecule is O=C(NSc1cc([N+](=O)[O-])c2cn(CCOCCO)nc2c1)c1ccc(N2CCN(CC3=C(c4ccc(Cl)cc4)CC4(CCC4)CC3)CC2)cc1Oc1cnc2[nH]ccc2c1. The topological polar surface area (TPSA) is 164 Å². The van der Waals surface area contributed by atoms with Crippen LogP contribution >= 0.6 is 23.5 Å². The first-order valence-corrected chi connectivity index (χ1v) is 21.9. The minimum absolute atomic E-state index is 0.0955. The van der Waals surface area contributed by atoms with E-state index in [0.717, 1.165) is 79.3 Å². The van der Waals surface area contributed by atoms with Gasteiger partial charge in [-0.15, -0.1) is 0 Å². The van der Waals surface area contributed by atoms with Crippen molar-refractivity contribution in [1.29, 1.82) is 0 Å². The molecule has 3 aromatic heterocycles. The Morgan fingerprint density at radius 3 is 2.64 bits per heavy atom. The number of hydrogen-bond donors (Lipinski definition) is 3. The number of amides is 1. The van der Waals surface area contributed by atoms with Gasteiger partial charge in [0.05, 0.1) is 48.4 Å². The summed E-state index contributed by atoms with van der Waals surface area (Å²) < 4.78 is 16.2. The molecule has 316 valence electrons. The number of hydrogen-bond acceptors (Lipinski definition) is 11. The van der Waals surface area contributed by atoms with E-state index in [1.165, 1.54) is 42.9 Å². The van der Waals surface area contributed by atoms with E-state index < -0.39 is 10.8 Å². The first-order chi connectivity index (χ1) is 29.7. The van der Waals surface area contributed by atoms with Gasteiger partial charge in [-0.25, -0.2) is 4.98 Å². The molecule has 1 saturated heterocycles. The number of pyridine rings is 1. The van der Waals surface area contributed by atoms with Crippen LogP contribution in [-0.2, 0) is 11.3 Å². The molecule has 0 bridgehead atoms. The molecular formula is C45H47ClN8O6S. The lowest BCUT2D eigenvalue weighted by molar-refractivity contribution is -0.383. The van der Waals surface area contributed by atoms with Gasteiger partial charge < -0.3 is 24.5 Å². The fraction of sp³-hybridized carbons (Fsp3) is 0.356. The van der Waals surface area contributed by atoms with E-state index >= 15 is 0 Å². The molecule has 1 spiro atoms. The summed E-state index contributed by atoms with van der Waals surface area (Å²) in [6.07, 6.45) is 12.6. The van der Waals surface area contributed by atoms with Crippen LogP contribution in [0.2, 0.25) is 5.02 Å². The number of fused-ring (bicyclic) bond motifs is 2. The second-order valence-electron chi connectivity index (χ2n) is 16.1. The zero-order chi connectivity index (χ0) is 41.9. The van der Waals surface area contributed by atoms with E-state index in [1.807, 2.05) is 42.6 Å². The summed E-state index contributed by atoms with van der Waals surface area (Å²) in [4.78, 5) is 38.5. The number of benzene rings is 3. The number of aliphatic hydroxyl groups is 1. The van der Waals surface area contributed by atoms with E-state index in [9.17, 15) is 14.9 Å². The zero-order valence-corrected chi connectivity index (χ0v) is 35.2. The lowest BCUT2D eigenvalue weighted by Crippen LogP contribution is -2.47. The Labute approximate surface area is 362 Å². The van der Waals surface area contributed by atoms with Crippen molar-refractivity contribution in [2.75, 3.05) is 57.4 Å². The van der Waals surface area contributed by atoms with Crippen molar-refractivity contribution in [3.8, 4) is 11.5 Å². The van der Waals surface area contributed by atoms with Gasteiger partial charge in [-0.3, -0.25) is 29.2 Å². The van der Waals surface area contributed by atoms with E-state index in [4.69, 9.17) is 26.2 Å². The molecule has 3 aromatic carbocycles. The number of carbonyl (C=O) groups is 1. The first kappa shape index (κ1) is 40.9. The Morgan fingerprint density at radius 1 is 1.03 bits per heavy atom. The number of nitrogens with zero attached hydrogens (tertiary/aromatic N) is 6. The Balaban J connectivity index is 0.916.